The van der Waals surface area contributed by atoms with E-state index in [2.05, 4.69) is 18.7 Å². The van der Waals surface area contributed by atoms with Crippen LogP contribution in [0.5, 0.6) is 5.75 Å². The number of amides is 1. The molecule has 0 saturated carbocycles. The van der Waals surface area contributed by atoms with E-state index in [0.717, 1.165) is 29.9 Å². The number of carbonyl (C=O) groups is 2. The molecular weight excluding hydrogens is 440 g/mol. The minimum Gasteiger partial charge on any atom is -0.507 e. The van der Waals surface area contributed by atoms with Crippen LogP contribution in [0.15, 0.2) is 78.4 Å². The number of hydrogen-bond donors (Lipinski definition) is 1. The topological polar surface area (TPSA) is 70.1 Å². The van der Waals surface area contributed by atoms with Gasteiger partial charge in [-0.05, 0) is 62.7 Å². The molecule has 3 aromatic carbocycles. The Balaban J connectivity index is 1.92. The van der Waals surface area contributed by atoms with Crippen molar-refractivity contribution in [1.29, 1.82) is 0 Å². The summed E-state index contributed by atoms with van der Waals surface area (Å²) >= 11 is 0. The second kappa shape index (κ2) is 10.1. The monoisotopic (exact) mass is 470 g/mol. The van der Waals surface area contributed by atoms with Crippen LogP contribution in [0, 0.1) is 6.92 Å². The number of ketones is 1. The molecule has 1 aliphatic rings. The molecule has 1 unspecified atom stereocenters. The van der Waals surface area contributed by atoms with E-state index in [4.69, 9.17) is 4.74 Å². The Kier molecular flexibility index (Phi) is 6.92. The van der Waals surface area contributed by atoms with E-state index in [9.17, 15) is 14.7 Å². The fourth-order valence-corrected chi connectivity index (χ4v) is 4.56. The Labute approximate surface area is 206 Å². The highest BCUT2D eigenvalue weighted by molar-refractivity contribution is 6.51. The molecule has 180 valence electrons. The molecule has 0 aromatic heterocycles. The van der Waals surface area contributed by atoms with Crippen molar-refractivity contribution < 1.29 is 19.4 Å². The number of aliphatic hydroxyl groups is 1. The number of Topliss-reactive ketones (excluding diaryl/α,β-unsaturated/α-hetero) is 1. The van der Waals surface area contributed by atoms with Crippen molar-refractivity contribution >= 4 is 28.8 Å². The highest BCUT2D eigenvalue weighted by Crippen LogP contribution is 2.43. The summed E-state index contributed by atoms with van der Waals surface area (Å²) in [6.45, 7) is 7.88. The van der Waals surface area contributed by atoms with Crippen LogP contribution < -0.4 is 14.5 Å². The number of anilines is 2. The first-order valence-corrected chi connectivity index (χ1v) is 11.8. The lowest BCUT2D eigenvalue weighted by atomic mass is 9.94. The predicted octanol–water partition coefficient (Wildman–Crippen LogP) is 5.48. The van der Waals surface area contributed by atoms with E-state index in [1.807, 2.05) is 55.5 Å². The number of rotatable bonds is 7. The fraction of sp³-hybridized carbons (Fsp3) is 0.241. The van der Waals surface area contributed by atoms with Gasteiger partial charge in [0.15, 0.2) is 0 Å². The van der Waals surface area contributed by atoms with Crippen LogP contribution in [0.3, 0.4) is 0 Å². The lowest BCUT2D eigenvalue weighted by Gasteiger charge is -2.27. The Morgan fingerprint density at radius 3 is 2.17 bits per heavy atom. The van der Waals surface area contributed by atoms with Crippen LogP contribution in [0.1, 0.15) is 36.6 Å². The van der Waals surface area contributed by atoms with Crippen molar-refractivity contribution in [1.82, 2.24) is 0 Å². The van der Waals surface area contributed by atoms with Crippen LogP contribution in [-0.4, -0.2) is 37.0 Å². The maximum atomic E-state index is 13.4. The third kappa shape index (κ3) is 4.39. The van der Waals surface area contributed by atoms with Crippen LogP contribution in [0.2, 0.25) is 0 Å². The molecule has 1 N–H and O–H groups in total. The summed E-state index contributed by atoms with van der Waals surface area (Å²) in [7, 11) is 1.50. The summed E-state index contributed by atoms with van der Waals surface area (Å²) in [4.78, 5) is 30.4. The number of aryl methyl sites for hydroxylation is 1. The maximum Gasteiger partial charge on any atom is 0.300 e. The number of benzene rings is 3. The van der Waals surface area contributed by atoms with Crippen molar-refractivity contribution in [3.8, 4) is 5.75 Å². The van der Waals surface area contributed by atoms with E-state index in [0.29, 0.717) is 17.0 Å². The van der Waals surface area contributed by atoms with Crippen molar-refractivity contribution in [2.45, 2.75) is 26.8 Å². The van der Waals surface area contributed by atoms with Gasteiger partial charge in [0.1, 0.15) is 11.5 Å². The molecule has 6 heteroatoms. The summed E-state index contributed by atoms with van der Waals surface area (Å²) in [5.41, 5.74) is 3.82. The largest absolute Gasteiger partial charge is 0.507 e. The highest BCUT2D eigenvalue weighted by atomic mass is 16.5. The van der Waals surface area contributed by atoms with Gasteiger partial charge in [-0.25, -0.2) is 0 Å². The van der Waals surface area contributed by atoms with Gasteiger partial charge in [-0.3, -0.25) is 14.5 Å². The van der Waals surface area contributed by atoms with Gasteiger partial charge in [0.2, 0.25) is 0 Å². The summed E-state index contributed by atoms with van der Waals surface area (Å²) in [6.07, 6.45) is 0. The molecular formula is C29H30N2O4. The second-order valence-electron chi connectivity index (χ2n) is 8.47. The molecule has 3 aromatic rings. The minimum atomic E-state index is -0.784. The van der Waals surface area contributed by atoms with Gasteiger partial charge in [0.25, 0.3) is 11.7 Å². The van der Waals surface area contributed by atoms with Crippen LogP contribution in [0.25, 0.3) is 5.76 Å². The van der Waals surface area contributed by atoms with E-state index in [1.165, 1.54) is 12.0 Å². The summed E-state index contributed by atoms with van der Waals surface area (Å²) in [6, 6.07) is 21.4. The quantitative estimate of drug-likeness (QED) is 0.281. The van der Waals surface area contributed by atoms with Gasteiger partial charge >= 0.3 is 0 Å². The molecule has 6 nitrogen and oxygen atoms in total. The average Bonchev–Trinajstić information content (AvgIpc) is 3.15. The normalized spacial score (nSPS) is 17.0. The number of nitrogens with zero attached hydrogens (tertiary/aromatic N) is 2. The van der Waals surface area contributed by atoms with Gasteiger partial charge in [0.05, 0.1) is 24.3 Å². The Bertz CT molecular complexity index is 1260. The molecule has 1 amide bonds. The molecule has 1 heterocycles. The number of aliphatic hydroxyl groups excluding tert-OH is 1. The molecule has 0 bridgehead atoms. The molecule has 1 atom stereocenters. The lowest BCUT2D eigenvalue weighted by molar-refractivity contribution is -0.132. The number of para-hydroxylation sites is 1. The molecule has 1 aliphatic heterocycles. The lowest BCUT2D eigenvalue weighted by Crippen LogP contribution is -2.29. The second-order valence-corrected chi connectivity index (χ2v) is 8.47. The van der Waals surface area contributed by atoms with Crippen LogP contribution in [-0.2, 0) is 9.59 Å². The summed E-state index contributed by atoms with van der Waals surface area (Å²) in [5, 5.41) is 11.4. The predicted molar refractivity (Wildman–Crippen MR) is 139 cm³/mol. The van der Waals surface area contributed by atoms with Gasteiger partial charge in [-0.15, -0.1) is 0 Å². The standard InChI is InChI=1S/C29H30N2O4/c1-5-30(6-2)21-17-13-20(14-18-21)26-25(27(32)23-9-7-8-10-24(23)35-4)28(33)29(34)31(26)22-15-11-19(3)12-16-22/h7-18,26,32H,5-6H2,1-4H3/b27-25-. The zero-order chi connectivity index (χ0) is 25.1. The Hall–Kier alpha value is -4.06. The van der Waals surface area contributed by atoms with Crippen molar-refractivity contribution in [3.05, 3.63) is 95.1 Å². The van der Waals surface area contributed by atoms with Gasteiger partial charge in [-0.2, -0.15) is 0 Å². The number of ether oxygens (including phenoxy) is 1. The third-order valence-corrected chi connectivity index (χ3v) is 6.46. The molecule has 1 fully saturated rings. The fourth-order valence-electron chi connectivity index (χ4n) is 4.56. The zero-order valence-electron chi connectivity index (χ0n) is 20.5. The van der Waals surface area contributed by atoms with E-state index in [1.54, 1.807) is 24.3 Å². The van der Waals surface area contributed by atoms with Crippen molar-refractivity contribution in [2.24, 2.45) is 0 Å². The van der Waals surface area contributed by atoms with Crippen molar-refractivity contribution in [2.75, 3.05) is 30.0 Å². The molecule has 0 spiro atoms. The molecule has 1 saturated heterocycles. The Morgan fingerprint density at radius 2 is 1.57 bits per heavy atom. The van der Waals surface area contributed by atoms with Gasteiger partial charge in [0, 0.05) is 24.5 Å². The smallest absolute Gasteiger partial charge is 0.300 e. The van der Waals surface area contributed by atoms with E-state index in [-0.39, 0.29) is 11.3 Å². The summed E-state index contributed by atoms with van der Waals surface area (Å²) < 4.78 is 5.41. The number of carbonyl (C=O) groups excluding carboxylic acids is 2. The van der Waals surface area contributed by atoms with Crippen molar-refractivity contribution in [3.63, 3.8) is 0 Å². The van der Waals surface area contributed by atoms with Crippen LogP contribution in [0.4, 0.5) is 11.4 Å². The van der Waals surface area contributed by atoms with E-state index >= 15 is 0 Å². The first-order chi connectivity index (χ1) is 16.9. The van der Waals surface area contributed by atoms with Gasteiger partial charge < -0.3 is 14.7 Å². The van der Waals surface area contributed by atoms with Gasteiger partial charge in [-0.1, -0.05) is 42.0 Å². The SMILES string of the molecule is CCN(CC)c1ccc(C2/C(=C(/O)c3ccccc3OC)C(=O)C(=O)N2c2ccc(C)cc2)cc1. The number of hydrogen-bond acceptors (Lipinski definition) is 5. The van der Waals surface area contributed by atoms with E-state index < -0.39 is 17.7 Å². The first kappa shape index (κ1) is 24.1. The maximum absolute atomic E-state index is 13.4. The van der Waals surface area contributed by atoms with Crippen LogP contribution >= 0.6 is 0 Å². The average molecular weight is 471 g/mol. The summed E-state index contributed by atoms with van der Waals surface area (Å²) in [5.74, 6) is -1.25. The number of methoxy groups -OCH3 is 1. The highest BCUT2D eigenvalue weighted by Gasteiger charge is 2.47. The third-order valence-electron chi connectivity index (χ3n) is 6.46. The molecule has 0 aliphatic carbocycles. The Morgan fingerprint density at radius 1 is 0.943 bits per heavy atom. The molecule has 4 rings (SSSR count). The molecule has 35 heavy (non-hydrogen) atoms. The first-order valence-electron chi connectivity index (χ1n) is 11.8. The zero-order valence-corrected chi connectivity index (χ0v) is 20.5. The minimum absolute atomic E-state index is 0.0377. The molecule has 0 radical (unpaired) electrons.